The first kappa shape index (κ1) is 10.7. The van der Waals surface area contributed by atoms with Crippen molar-refractivity contribution in [1.82, 2.24) is 0 Å². The Labute approximate surface area is 92.7 Å². The predicted octanol–water partition coefficient (Wildman–Crippen LogP) is 3.31. The minimum absolute atomic E-state index is 0.788. The molecule has 0 radical (unpaired) electrons. The lowest BCUT2D eigenvalue weighted by Crippen LogP contribution is -2.17. The van der Waals surface area contributed by atoms with Gasteiger partial charge in [-0.1, -0.05) is 43.2 Å². The van der Waals surface area contributed by atoms with Crippen LogP contribution in [-0.4, -0.2) is 6.54 Å². The molecule has 1 nitrogen and oxygen atoms in total. The highest BCUT2D eigenvalue weighted by atomic mass is 14.5. The van der Waals surface area contributed by atoms with Crippen molar-refractivity contribution in [3.8, 4) is 0 Å². The Morgan fingerprint density at radius 2 is 1.93 bits per heavy atom. The largest absolute Gasteiger partial charge is 0.330 e. The first-order chi connectivity index (χ1) is 7.40. The minimum Gasteiger partial charge on any atom is -0.330 e. The SMILES string of the molecule is NCC[C@@H]1CCC[C@@H](c2ccccc2)C1. The Morgan fingerprint density at radius 1 is 1.13 bits per heavy atom. The van der Waals surface area contributed by atoms with Crippen LogP contribution >= 0.6 is 0 Å². The van der Waals surface area contributed by atoms with Crippen LogP contribution in [0.5, 0.6) is 0 Å². The molecule has 2 atom stereocenters. The van der Waals surface area contributed by atoms with E-state index in [2.05, 4.69) is 30.3 Å². The molecule has 0 spiro atoms. The van der Waals surface area contributed by atoms with Crippen molar-refractivity contribution < 1.29 is 0 Å². The highest BCUT2D eigenvalue weighted by Gasteiger charge is 2.22. The van der Waals surface area contributed by atoms with Crippen molar-refractivity contribution in [2.45, 2.75) is 38.0 Å². The zero-order valence-electron chi connectivity index (χ0n) is 9.36. The van der Waals surface area contributed by atoms with Gasteiger partial charge in [0.05, 0.1) is 0 Å². The Kier molecular flexibility index (Phi) is 3.79. The minimum atomic E-state index is 0.788. The van der Waals surface area contributed by atoms with Gasteiger partial charge in [0.2, 0.25) is 0 Å². The molecule has 1 fully saturated rings. The lowest BCUT2D eigenvalue weighted by Gasteiger charge is -2.29. The van der Waals surface area contributed by atoms with E-state index in [1.54, 1.807) is 0 Å². The van der Waals surface area contributed by atoms with Gasteiger partial charge in [-0.15, -0.1) is 0 Å². The lowest BCUT2D eigenvalue weighted by atomic mass is 9.77. The molecule has 1 heteroatoms. The second-order valence-corrected chi connectivity index (χ2v) is 4.72. The number of rotatable bonds is 3. The van der Waals surface area contributed by atoms with Crippen molar-refractivity contribution in [1.29, 1.82) is 0 Å². The van der Waals surface area contributed by atoms with E-state index in [0.717, 1.165) is 18.4 Å². The summed E-state index contributed by atoms with van der Waals surface area (Å²) in [4.78, 5) is 0. The van der Waals surface area contributed by atoms with E-state index < -0.39 is 0 Å². The fourth-order valence-electron chi connectivity index (χ4n) is 2.82. The molecular formula is C14H21N. The molecule has 0 bridgehead atoms. The molecule has 0 unspecified atom stereocenters. The van der Waals surface area contributed by atoms with E-state index in [-0.39, 0.29) is 0 Å². The summed E-state index contributed by atoms with van der Waals surface area (Å²) in [6, 6.07) is 11.0. The zero-order valence-corrected chi connectivity index (χ0v) is 9.36. The third kappa shape index (κ3) is 2.82. The fraction of sp³-hybridized carbons (Fsp3) is 0.571. The van der Waals surface area contributed by atoms with E-state index in [1.165, 1.54) is 37.7 Å². The Balaban J connectivity index is 1.98. The van der Waals surface area contributed by atoms with Crippen LogP contribution in [0.4, 0.5) is 0 Å². The van der Waals surface area contributed by atoms with Crippen LogP contribution in [0.1, 0.15) is 43.6 Å². The predicted molar refractivity (Wildman–Crippen MR) is 64.8 cm³/mol. The van der Waals surface area contributed by atoms with Crippen LogP contribution in [-0.2, 0) is 0 Å². The van der Waals surface area contributed by atoms with Crippen molar-refractivity contribution >= 4 is 0 Å². The summed E-state index contributed by atoms with van der Waals surface area (Å²) < 4.78 is 0. The van der Waals surface area contributed by atoms with Crippen molar-refractivity contribution in [3.63, 3.8) is 0 Å². The van der Waals surface area contributed by atoms with E-state index >= 15 is 0 Å². The van der Waals surface area contributed by atoms with E-state index in [9.17, 15) is 0 Å². The van der Waals surface area contributed by atoms with Crippen molar-refractivity contribution in [2.24, 2.45) is 11.7 Å². The maximum Gasteiger partial charge on any atom is -0.00746 e. The molecule has 1 saturated carbocycles. The topological polar surface area (TPSA) is 26.0 Å². The Hall–Kier alpha value is -0.820. The summed E-state index contributed by atoms with van der Waals surface area (Å²) in [5.74, 6) is 1.66. The number of nitrogens with two attached hydrogens (primary N) is 1. The normalized spacial score (nSPS) is 26.5. The van der Waals surface area contributed by atoms with Crippen LogP contribution in [0.3, 0.4) is 0 Å². The second-order valence-electron chi connectivity index (χ2n) is 4.72. The van der Waals surface area contributed by atoms with Crippen LogP contribution in [0.2, 0.25) is 0 Å². The fourth-order valence-corrected chi connectivity index (χ4v) is 2.82. The summed E-state index contributed by atoms with van der Waals surface area (Å²) in [5, 5.41) is 0. The molecule has 0 heterocycles. The van der Waals surface area contributed by atoms with Crippen LogP contribution < -0.4 is 5.73 Å². The van der Waals surface area contributed by atoms with Crippen molar-refractivity contribution in [2.75, 3.05) is 6.54 Å². The van der Waals surface area contributed by atoms with Gasteiger partial charge >= 0.3 is 0 Å². The molecule has 1 aliphatic carbocycles. The molecule has 2 rings (SSSR count). The standard InChI is InChI=1S/C14H21N/c15-10-9-12-5-4-8-14(11-12)13-6-2-1-3-7-13/h1-3,6-7,12,14H,4-5,8-11,15H2/t12-,14+/m0/s1. The van der Waals surface area contributed by atoms with Gasteiger partial charge < -0.3 is 5.73 Å². The Bertz CT molecular complexity index is 279. The number of hydrogen-bond donors (Lipinski definition) is 1. The molecule has 1 aromatic rings. The summed E-state index contributed by atoms with van der Waals surface area (Å²) >= 11 is 0. The summed E-state index contributed by atoms with van der Waals surface area (Å²) in [5.41, 5.74) is 7.17. The zero-order chi connectivity index (χ0) is 10.5. The quantitative estimate of drug-likeness (QED) is 0.801. The van der Waals surface area contributed by atoms with Gasteiger partial charge in [0, 0.05) is 0 Å². The lowest BCUT2D eigenvalue weighted by molar-refractivity contribution is 0.309. The molecule has 1 aliphatic rings. The van der Waals surface area contributed by atoms with E-state index in [1.807, 2.05) is 0 Å². The third-order valence-electron chi connectivity index (χ3n) is 3.63. The van der Waals surface area contributed by atoms with Gasteiger partial charge in [0.25, 0.3) is 0 Å². The molecule has 1 aromatic carbocycles. The monoisotopic (exact) mass is 203 g/mol. The maximum atomic E-state index is 5.64. The molecule has 15 heavy (non-hydrogen) atoms. The molecule has 2 N–H and O–H groups in total. The van der Waals surface area contributed by atoms with Gasteiger partial charge in [-0.3, -0.25) is 0 Å². The average molecular weight is 203 g/mol. The molecular weight excluding hydrogens is 182 g/mol. The molecule has 0 aliphatic heterocycles. The van der Waals surface area contributed by atoms with Gasteiger partial charge in [-0.25, -0.2) is 0 Å². The number of hydrogen-bond acceptors (Lipinski definition) is 1. The molecule has 82 valence electrons. The second kappa shape index (κ2) is 5.32. The average Bonchev–Trinajstić information content (AvgIpc) is 2.31. The highest BCUT2D eigenvalue weighted by molar-refractivity contribution is 5.19. The van der Waals surface area contributed by atoms with Crippen LogP contribution in [0.25, 0.3) is 0 Å². The van der Waals surface area contributed by atoms with Gasteiger partial charge in [0.1, 0.15) is 0 Å². The van der Waals surface area contributed by atoms with Gasteiger partial charge in [0.15, 0.2) is 0 Å². The molecule has 0 aromatic heterocycles. The van der Waals surface area contributed by atoms with Crippen molar-refractivity contribution in [3.05, 3.63) is 35.9 Å². The Morgan fingerprint density at radius 3 is 2.67 bits per heavy atom. The summed E-state index contributed by atoms with van der Waals surface area (Å²) in [6.07, 6.45) is 6.69. The first-order valence-corrected chi connectivity index (χ1v) is 6.15. The van der Waals surface area contributed by atoms with Gasteiger partial charge in [-0.2, -0.15) is 0 Å². The third-order valence-corrected chi connectivity index (χ3v) is 3.63. The summed E-state index contributed by atoms with van der Waals surface area (Å²) in [6.45, 7) is 0.853. The molecule has 0 amide bonds. The smallest absolute Gasteiger partial charge is 0.00746 e. The van der Waals surface area contributed by atoms with E-state index in [0.29, 0.717) is 0 Å². The first-order valence-electron chi connectivity index (χ1n) is 6.15. The summed E-state index contributed by atoms with van der Waals surface area (Å²) in [7, 11) is 0. The number of benzene rings is 1. The molecule has 0 saturated heterocycles. The highest BCUT2D eigenvalue weighted by Crippen LogP contribution is 2.37. The van der Waals surface area contributed by atoms with Crippen LogP contribution in [0, 0.1) is 5.92 Å². The van der Waals surface area contributed by atoms with Crippen LogP contribution in [0.15, 0.2) is 30.3 Å². The maximum absolute atomic E-state index is 5.64. The van der Waals surface area contributed by atoms with E-state index in [4.69, 9.17) is 5.73 Å². The van der Waals surface area contributed by atoms with Gasteiger partial charge in [-0.05, 0) is 43.2 Å².